The van der Waals surface area contributed by atoms with Gasteiger partial charge >= 0.3 is 30.0 Å². The molecule has 1 heterocycles. The van der Waals surface area contributed by atoms with Crippen LogP contribution in [0.2, 0.25) is 0 Å². The summed E-state index contributed by atoms with van der Waals surface area (Å²) >= 11 is 0. The maximum absolute atomic E-state index is 13.2. The Morgan fingerprint density at radius 1 is 0.737 bits per heavy atom. The lowest BCUT2D eigenvalue weighted by atomic mass is 9.83. The van der Waals surface area contributed by atoms with Crippen molar-refractivity contribution in [3.8, 4) is 0 Å². The van der Waals surface area contributed by atoms with Crippen LogP contribution in [0.25, 0.3) is 0 Å². The Bertz CT molecular complexity index is 383. The molecule has 0 aromatic rings. The van der Waals surface area contributed by atoms with Crippen molar-refractivity contribution in [1.29, 1.82) is 0 Å². The second-order valence-corrected chi connectivity index (χ2v) is 3.86. The predicted molar refractivity (Wildman–Crippen MR) is 35.3 cm³/mol. The van der Waals surface area contributed by atoms with Gasteiger partial charge in [-0.1, -0.05) is 0 Å². The Morgan fingerprint density at radius 2 is 1.11 bits per heavy atom. The van der Waals surface area contributed by atoms with E-state index in [0.717, 1.165) is 0 Å². The molecule has 1 nitrogen and oxygen atoms in total. The molecule has 1 aliphatic heterocycles. The molecule has 0 amide bonds. The van der Waals surface area contributed by atoms with Gasteiger partial charge in [0.1, 0.15) is 0 Å². The summed E-state index contributed by atoms with van der Waals surface area (Å²) in [5.74, 6) is -19.7. The lowest BCUT2D eigenvalue weighted by Gasteiger charge is -2.50. The van der Waals surface area contributed by atoms with E-state index in [2.05, 4.69) is 4.74 Å². The number of halogens is 11. The van der Waals surface area contributed by atoms with Crippen molar-refractivity contribution in [2.45, 2.75) is 42.6 Å². The summed E-state index contributed by atoms with van der Waals surface area (Å²) in [6, 6.07) is 0. The maximum Gasteiger partial charge on any atom is 0.452 e. The average molecular weight is 312 g/mol. The van der Waals surface area contributed by atoms with E-state index in [1.165, 1.54) is 0 Å². The van der Waals surface area contributed by atoms with E-state index in [9.17, 15) is 48.3 Å². The van der Waals surface area contributed by atoms with Gasteiger partial charge in [-0.3, -0.25) is 4.74 Å². The highest BCUT2D eigenvalue weighted by molar-refractivity contribution is 5.16. The minimum Gasteiger partial charge on any atom is -0.267 e. The maximum atomic E-state index is 13.2. The summed E-state index contributed by atoms with van der Waals surface area (Å²) in [5, 5.41) is 0. The molecule has 1 saturated heterocycles. The fourth-order valence-electron chi connectivity index (χ4n) is 1.34. The number of hydrogen-bond donors (Lipinski definition) is 0. The molecule has 12 heteroatoms. The van der Waals surface area contributed by atoms with Gasteiger partial charge in [0, 0.05) is 0 Å². The zero-order valence-corrected chi connectivity index (χ0v) is 8.57. The van der Waals surface area contributed by atoms with Crippen molar-refractivity contribution in [3.05, 3.63) is 0 Å². The van der Waals surface area contributed by atoms with Crippen molar-refractivity contribution in [2.24, 2.45) is 0 Å². The molecule has 1 rings (SSSR count). The Hall–Kier alpha value is -0.810. The molecule has 0 spiro atoms. The highest BCUT2D eigenvalue weighted by Crippen LogP contribution is 2.65. The number of ether oxygens (including phenoxy) is 1. The Balaban J connectivity index is 3.60. The average Bonchev–Trinajstić information content (AvgIpc) is 2.12. The van der Waals surface area contributed by atoms with E-state index in [1.807, 2.05) is 0 Å². The third kappa shape index (κ3) is 1.57. The van der Waals surface area contributed by atoms with E-state index in [1.54, 1.807) is 0 Å². The Morgan fingerprint density at radius 3 is 1.42 bits per heavy atom. The van der Waals surface area contributed by atoms with Crippen LogP contribution < -0.4 is 0 Å². The van der Waals surface area contributed by atoms with Crippen LogP contribution in [0.1, 0.15) is 6.92 Å². The molecule has 0 bridgehead atoms. The quantitative estimate of drug-likeness (QED) is 0.618. The summed E-state index contributed by atoms with van der Waals surface area (Å²) in [6.45, 7) is -0.941. The van der Waals surface area contributed by atoms with Crippen LogP contribution in [0.15, 0.2) is 0 Å². The van der Waals surface area contributed by atoms with Gasteiger partial charge in [0.2, 0.25) is 5.67 Å². The van der Waals surface area contributed by atoms with Crippen LogP contribution in [0.3, 0.4) is 0 Å². The summed E-state index contributed by atoms with van der Waals surface area (Å²) in [6.07, 6.45) is -13.3. The Kier molecular flexibility index (Phi) is 2.94. The minimum absolute atomic E-state index is 0.941. The highest BCUT2D eigenvalue weighted by Gasteiger charge is 2.94. The first-order valence-corrected chi connectivity index (χ1v) is 4.24. The molecule has 0 radical (unpaired) electrons. The normalized spacial score (nSPS) is 41.1. The predicted octanol–water partition coefficient (Wildman–Crippen LogP) is 3.84. The van der Waals surface area contributed by atoms with Gasteiger partial charge in [0.15, 0.2) is 0 Å². The molecule has 0 aliphatic carbocycles. The molecule has 2 unspecified atom stereocenters. The summed E-state index contributed by atoms with van der Waals surface area (Å²) in [4.78, 5) is 0. The Labute approximate surface area is 96.9 Å². The van der Waals surface area contributed by atoms with Gasteiger partial charge < -0.3 is 0 Å². The van der Waals surface area contributed by atoms with Crippen LogP contribution >= 0.6 is 0 Å². The van der Waals surface area contributed by atoms with Gasteiger partial charge in [0.05, 0.1) is 0 Å². The lowest BCUT2D eigenvalue weighted by Crippen LogP contribution is -2.79. The fraction of sp³-hybridized carbons (Fsp3) is 1.00. The third-order valence-corrected chi connectivity index (χ3v) is 2.59. The van der Waals surface area contributed by atoms with Gasteiger partial charge in [0.25, 0.3) is 0 Å². The molecule has 1 aliphatic rings. The van der Waals surface area contributed by atoms with Crippen molar-refractivity contribution in [1.82, 2.24) is 0 Å². The van der Waals surface area contributed by atoms with E-state index < -0.39 is 42.6 Å². The van der Waals surface area contributed by atoms with E-state index in [4.69, 9.17) is 0 Å². The van der Waals surface area contributed by atoms with Crippen LogP contribution in [-0.2, 0) is 4.74 Å². The highest BCUT2D eigenvalue weighted by atomic mass is 19.4. The number of alkyl halides is 11. The molecule has 0 saturated carbocycles. The van der Waals surface area contributed by atoms with Crippen LogP contribution in [0.5, 0.6) is 0 Å². The molecular formula is C7H3F11O. The van der Waals surface area contributed by atoms with Crippen LogP contribution in [0.4, 0.5) is 48.3 Å². The molecule has 19 heavy (non-hydrogen) atoms. The molecule has 2 atom stereocenters. The molecule has 1 fully saturated rings. The van der Waals surface area contributed by atoms with Crippen LogP contribution in [-0.4, -0.2) is 35.7 Å². The first-order chi connectivity index (χ1) is 7.96. The zero-order valence-electron chi connectivity index (χ0n) is 8.57. The van der Waals surface area contributed by atoms with Gasteiger partial charge in [-0.15, -0.1) is 0 Å². The first kappa shape index (κ1) is 16.2. The van der Waals surface area contributed by atoms with Crippen molar-refractivity contribution in [3.63, 3.8) is 0 Å². The van der Waals surface area contributed by atoms with E-state index in [-0.39, 0.29) is 0 Å². The second kappa shape index (κ2) is 3.44. The molecule has 0 aromatic heterocycles. The largest absolute Gasteiger partial charge is 0.452 e. The standard InChI is InChI=1S/C7H3F11O/c1-2(8)3(9,10)4(11,12)7(17,18)19-5(2,13)6(14,15)16/h1H3. The molecular weight excluding hydrogens is 309 g/mol. The zero-order chi connectivity index (χ0) is 15.7. The summed E-state index contributed by atoms with van der Waals surface area (Å²) in [5.41, 5.74) is -5.77. The van der Waals surface area contributed by atoms with E-state index >= 15 is 0 Å². The smallest absolute Gasteiger partial charge is 0.267 e. The van der Waals surface area contributed by atoms with Gasteiger partial charge in [-0.25, -0.2) is 4.39 Å². The number of hydrogen-bond acceptors (Lipinski definition) is 1. The second-order valence-electron chi connectivity index (χ2n) is 3.86. The summed E-state index contributed by atoms with van der Waals surface area (Å²) in [7, 11) is 0. The third-order valence-electron chi connectivity index (χ3n) is 2.59. The van der Waals surface area contributed by atoms with E-state index in [0.29, 0.717) is 0 Å². The van der Waals surface area contributed by atoms with Gasteiger partial charge in [-0.2, -0.15) is 43.9 Å². The number of rotatable bonds is 0. The fourth-order valence-corrected chi connectivity index (χ4v) is 1.34. The van der Waals surface area contributed by atoms with Crippen molar-refractivity contribution >= 4 is 0 Å². The van der Waals surface area contributed by atoms with Gasteiger partial charge in [-0.05, 0) is 6.92 Å². The van der Waals surface area contributed by atoms with Crippen molar-refractivity contribution < 1.29 is 53.0 Å². The van der Waals surface area contributed by atoms with Crippen LogP contribution in [0, 0.1) is 0 Å². The molecule has 114 valence electrons. The van der Waals surface area contributed by atoms with Crippen molar-refractivity contribution in [2.75, 3.05) is 0 Å². The summed E-state index contributed by atoms with van der Waals surface area (Å²) < 4.78 is 141. The SMILES string of the molecule is CC1(F)C(F)(F)C(F)(F)C(F)(F)OC1(F)C(F)(F)F. The first-order valence-electron chi connectivity index (χ1n) is 4.24. The monoisotopic (exact) mass is 312 g/mol. The lowest BCUT2D eigenvalue weighted by molar-refractivity contribution is -0.547. The molecule has 0 aromatic carbocycles. The minimum atomic E-state index is -6.74. The topological polar surface area (TPSA) is 9.23 Å². The molecule has 0 N–H and O–H groups in total.